The quantitative estimate of drug-likeness (QED) is 0.660. The van der Waals surface area contributed by atoms with Crippen molar-refractivity contribution < 1.29 is 27.5 Å². The van der Waals surface area contributed by atoms with Crippen LogP contribution in [0.5, 0.6) is 0 Å². The van der Waals surface area contributed by atoms with Gasteiger partial charge in [-0.15, -0.1) is 0 Å². The Bertz CT molecular complexity index is 1050. The van der Waals surface area contributed by atoms with Crippen LogP contribution >= 0.6 is 0 Å². The van der Waals surface area contributed by atoms with Gasteiger partial charge in [0.15, 0.2) is 0 Å². The Balaban J connectivity index is 1.86. The number of rotatable bonds is 5. The Morgan fingerprint density at radius 1 is 1.10 bits per heavy atom. The molecule has 0 spiro atoms. The number of benzene rings is 2. The highest BCUT2D eigenvalue weighted by molar-refractivity contribution is 5.99. The first-order valence-electron chi connectivity index (χ1n) is 8.68. The summed E-state index contributed by atoms with van der Waals surface area (Å²) >= 11 is 0. The average Bonchev–Trinajstić information content (AvgIpc) is 2.71. The lowest BCUT2D eigenvalue weighted by Crippen LogP contribution is -2.43. The van der Waals surface area contributed by atoms with Gasteiger partial charge < -0.3 is 10.1 Å². The number of carbonyl (C=O) groups excluding carboxylic acids is 2. The van der Waals surface area contributed by atoms with E-state index in [9.17, 15) is 22.8 Å². The maximum Gasteiger partial charge on any atom is 0.416 e. The maximum absolute atomic E-state index is 13.2. The minimum Gasteiger partial charge on any atom is -0.467 e. The van der Waals surface area contributed by atoms with Crippen LogP contribution in [0.4, 0.5) is 13.2 Å². The van der Waals surface area contributed by atoms with Gasteiger partial charge in [-0.25, -0.2) is 4.79 Å². The van der Waals surface area contributed by atoms with Gasteiger partial charge >= 0.3 is 12.1 Å². The molecule has 0 fully saturated rings. The molecule has 0 saturated heterocycles. The third kappa shape index (κ3) is 4.71. The highest BCUT2D eigenvalue weighted by atomic mass is 19.4. The summed E-state index contributed by atoms with van der Waals surface area (Å²) in [6, 6.07) is 12.3. The average molecular weight is 402 g/mol. The number of nitrogens with zero attached hydrogens (tertiary/aromatic N) is 1. The molecular weight excluding hydrogens is 385 g/mol. The largest absolute Gasteiger partial charge is 0.467 e. The molecule has 0 unspecified atom stereocenters. The number of alkyl halides is 3. The molecule has 0 radical (unpaired) electrons. The van der Waals surface area contributed by atoms with Crippen LogP contribution in [0.15, 0.2) is 60.8 Å². The predicted octanol–water partition coefficient (Wildman–Crippen LogP) is 3.77. The first-order chi connectivity index (χ1) is 13.8. The van der Waals surface area contributed by atoms with E-state index in [1.54, 1.807) is 30.3 Å². The van der Waals surface area contributed by atoms with E-state index in [1.165, 1.54) is 24.4 Å². The van der Waals surface area contributed by atoms with Gasteiger partial charge in [-0.2, -0.15) is 13.2 Å². The Kier molecular flexibility index (Phi) is 5.81. The number of pyridine rings is 1. The summed E-state index contributed by atoms with van der Waals surface area (Å²) in [5, 5.41) is 3.17. The summed E-state index contributed by atoms with van der Waals surface area (Å²) in [6.45, 7) is 0. The second kappa shape index (κ2) is 8.30. The minimum absolute atomic E-state index is 0.118. The van der Waals surface area contributed by atoms with Gasteiger partial charge in [0.05, 0.1) is 23.8 Å². The van der Waals surface area contributed by atoms with Crippen molar-refractivity contribution in [3.05, 3.63) is 77.5 Å². The summed E-state index contributed by atoms with van der Waals surface area (Å²) in [4.78, 5) is 28.9. The summed E-state index contributed by atoms with van der Waals surface area (Å²) in [5.74, 6) is -1.48. The number of halogens is 3. The molecule has 150 valence electrons. The van der Waals surface area contributed by atoms with Crippen molar-refractivity contribution in [2.75, 3.05) is 7.11 Å². The van der Waals surface area contributed by atoms with E-state index in [4.69, 9.17) is 0 Å². The third-order valence-corrected chi connectivity index (χ3v) is 4.39. The van der Waals surface area contributed by atoms with E-state index < -0.39 is 29.7 Å². The van der Waals surface area contributed by atoms with Crippen LogP contribution in [0, 0.1) is 0 Å². The van der Waals surface area contributed by atoms with Crippen LogP contribution in [-0.2, 0) is 22.1 Å². The first kappa shape index (κ1) is 20.3. The molecule has 3 rings (SSSR count). The SMILES string of the molecule is COC(=O)[C@@H](Cc1ccccc1C(F)(F)F)NC(=O)c1cnc2ccccc2c1. The van der Waals surface area contributed by atoms with Crippen LogP contribution in [0.2, 0.25) is 0 Å². The molecular formula is C21H17F3N2O3. The third-order valence-electron chi connectivity index (χ3n) is 4.39. The van der Waals surface area contributed by atoms with Crippen molar-refractivity contribution in [2.45, 2.75) is 18.6 Å². The fraction of sp³-hybridized carbons (Fsp3) is 0.190. The number of amides is 1. The molecule has 0 aliphatic heterocycles. The van der Waals surface area contributed by atoms with Gasteiger partial charge in [0.25, 0.3) is 5.91 Å². The van der Waals surface area contributed by atoms with Gasteiger partial charge in [0.1, 0.15) is 6.04 Å². The van der Waals surface area contributed by atoms with Crippen molar-refractivity contribution in [2.24, 2.45) is 0 Å². The predicted molar refractivity (Wildman–Crippen MR) is 100 cm³/mol. The number of nitrogens with one attached hydrogen (secondary N) is 1. The molecule has 0 bridgehead atoms. The highest BCUT2D eigenvalue weighted by Gasteiger charge is 2.34. The monoisotopic (exact) mass is 402 g/mol. The van der Waals surface area contributed by atoms with Gasteiger partial charge in [-0.05, 0) is 23.8 Å². The van der Waals surface area contributed by atoms with Crippen LogP contribution in [0.1, 0.15) is 21.5 Å². The summed E-state index contributed by atoms with van der Waals surface area (Å²) in [5.41, 5.74) is -0.114. The summed E-state index contributed by atoms with van der Waals surface area (Å²) < 4.78 is 44.4. The molecule has 2 aromatic carbocycles. The summed E-state index contributed by atoms with van der Waals surface area (Å²) in [7, 11) is 1.11. The molecule has 29 heavy (non-hydrogen) atoms. The Morgan fingerprint density at radius 3 is 2.52 bits per heavy atom. The van der Waals surface area contributed by atoms with Crippen molar-refractivity contribution in [3.8, 4) is 0 Å². The second-order valence-corrected chi connectivity index (χ2v) is 6.32. The van der Waals surface area contributed by atoms with E-state index in [1.807, 2.05) is 0 Å². The number of carbonyl (C=O) groups is 2. The molecule has 1 atom stereocenters. The molecule has 1 N–H and O–H groups in total. The van der Waals surface area contributed by atoms with Crippen molar-refractivity contribution in [1.82, 2.24) is 10.3 Å². The van der Waals surface area contributed by atoms with Crippen LogP contribution in [0.25, 0.3) is 10.9 Å². The van der Waals surface area contributed by atoms with Crippen molar-refractivity contribution in [1.29, 1.82) is 0 Å². The zero-order valence-electron chi connectivity index (χ0n) is 15.4. The van der Waals surface area contributed by atoms with Gasteiger partial charge in [0, 0.05) is 18.0 Å². The van der Waals surface area contributed by atoms with Crippen LogP contribution in [-0.4, -0.2) is 30.0 Å². The molecule has 0 aliphatic carbocycles. The highest BCUT2D eigenvalue weighted by Crippen LogP contribution is 2.32. The molecule has 0 aliphatic rings. The minimum atomic E-state index is -4.58. The zero-order valence-corrected chi connectivity index (χ0v) is 15.4. The second-order valence-electron chi connectivity index (χ2n) is 6.32. The molecule has 1 heterocycles. The first-order valence-corrected chi connectivity index (χ1v) is 8.68. The van der Waals surface area contributed by atoms with Crippen molar-refractivity contribution in [3.63, 3.8) is 0 Å². The number of ether oxygens (including phenoxy) is 1. The summed E-state index contributed by atoms with van der Waals surface area (Å²) in [6.07, 6.45) is -3.60. The lowest BCUT2D eigenvalue weighted by molar-refractivity contribution is -0.144. The standard InChI is InChI=1S/C21H17F3N2O3/c1-29-20(28)18(11-13-6-2-4-8-16(13)21(22,23)24)26-19(27)15-10-14-7-3-5-9-17(14)25-12-15/h2-10,12,18H,11H2,1H3,(H,26,27)/t18-/m1/s1. The van der Waals surface area contributed by atoms with Crippen molar-refractivity contribution >= 4 is 22.8 Å². The fourth-order valence-electron chi connectivity index (χ4n) is 2.97. The number of aromatic nitrogens is 1. The van der Waals surface area contributed by atoms with E-state index >= 15 is 0 Å². The molecule has 5 nitrogen and oxygen atoms in total. The Labute approximate surface area is 164 Å². The Hall–Kier alpha value is -3.42. The van der Waals surface area contributed by atoms with Crippen LogP contribution in [0.3, 0.4) is 0 Å². The number of para-hydroxylation sites is 1. The normalized spacial score (nSPS) is 12.4. The Morgan fingerprint density at radius 2 is 1.79 bits per heavy atom. The topological polar surface area (TPSA) is 68.3 Å². The number of hydrogen-bond donors (Lipinski definition) is 1. The lowest BCUT2D eigenvalue weighted by atomic mass is 9.99. The fourth-order valence-corrected chi connectivity index (χ4v) is 2.97. The van der Waals surface area contributed by atoms with E-state index in [2.05, 4.69) is 15.0 Å². The smallest absolute Gasteiger partial charge is 0.416 e. The molecule has 8 heteroatoms. The van der Waals surface area contributed by atoms with Crippen LogP contribution < -0.4 is 5.32 Å². The van der Waals surface area contributed by atoms with E-state index in [0.717, 1.165) is 18.6 Å². The molecule has 3 aromatic rings. The number of esters is 1. The van der Waals surface area contributed by atoms with Gasteiger partial charge in [-0.1, -0.05) is 36.4 Å². The number of methoxy groups -OCH3 is 1. The molecule has 1 amide bonds. The van der Waals surface area contributed by atoms with Gasteiger partial charge in [-0.3, -0.25) is 9.78 Å². The molecule has 1 aromatic heterocycles. The molecule has 0 saturated carbocycles. The number of hydrogen-bond acceptors (Lipinski definition) is 4. The van der Waals surface area contributed by atoms with Gasteiger partial charge in [0.2, 0.25) is 0 Å². The maximum atomic E-state index is 13.2. The number of fused-ring (bicyclic) bond motifs is 1. The van der Waals surface area contributed by atoms with E-state index in [0.29, 0.717) is 5.52 Å². The lowest BCUT2D eigenvalue weighted by Gasteiger charge is -2.19. The van der Waals surface area contributed by atoms with E-state index in [-0.39, 0.29) is 17.5 Å². The zero-order chi connectivity index (χ0) is 21.0.